The lowest BCUT2D eigenvalue weighted by molar-refractivity contribution is 0.00162. The average molecular weight is 322 g/mol. The maximum atomic E-state index is 12.6. The Bertz CT molecular complexity index is 501. The van der Waals surface area contributed by atoms with E-state index in [-0.39, 0.29) is 17.7 Å². The smallest absolute Gasteiger partial charge is 0.322 e. The van der Waals surface area contributed by atoms with E-state index in [9.17, 15) is 4.79 Å². The number of hydrogen-bond acceptors (Lipinski definition) is 3. The van der Waals surface area contributed by atoms with Crippen molar-refractivity contribution < 1.29 is 9.53 Å². The molecule has 130 valence electrons. The molecule has 0 saturated carbocycles. The van der Waals surface area contributed by atoms with E-state index in [0.717, 1.165) is 38.1 Å². The van der Waals surface area contributed by atoms with E-state index in [4.69, 9.17) is 4.74 Å². The fourth-order valence-corrected chi connectivity index (χ4v) is 2.70. The quantitative estimate of drug-likeness (QED) is 0.903. The summed E-state index contributed by atoms with van der Waals surface area (Å²) in [5.41, 5.74) is 0.637. The Balaban J connectivity index is 1.95. The summed E-state index contributed by atoms with van der Waals surface area (Å²) in [5, 5.41) is 7.28. The number of urea groups is 1. The number of nitrogens with one attached hydrogen (secondary N) is 1. The van der Waals surface area contributed by atoms with Crippen molar-refractivity contribution in [2.75, 3.05) is 25.0 Å². The zero-order chi connectivity index (χ0) is 16.9. The molecule has 0 unspecified atom stereocenters. The standard InChI is InChI=1S/C17H30N4O2/c1-5-9-20(13-15-8-6-7-10-23-15)16(22)19-14-11-18-21(12-14)17(2,3)4/h11-12,15H,5-10,13H2,1-4H3,(H,19,22)/t15-/m1/s1. The molecule has 0 aromatic carbocycles. The van der Waals surface area contributed by atoms with Gasteiger partial charge in [0, 0.05) is 25.9 Å². The number of carbonyl (C=O) groups excluding carboxylic acids is 1. The molecule has 0 spiro atoms. The minimum absolute atomic E-state index is 0.0746. The van der Waals surface area contributed by atoms with Crippen LogP contribution in [0.5, 0.6) is 0 Å². The van der Waals surface area contributed by atoms with Crippen LogP contribution >= 0.6 is 0 Å². The topological polar surface area (TPSA) is 59.4 Å². The maximum Gasteiger partial charge on any atom is 0.322 e. The molecule has 2 rings (SSSR count). The second-order valence-corrected chi connectivity index (χ2v) is 7.21. The predicted octanol–water partition coefficient (Wildman–Crippen LogP) is 3.45. The zero-order valence-electron chi connectivity index (χ0n) is 14.8. The van der Waals surface area contributed by atoms with Crippen LogP contribution in [0, 0.1) is 0 Å². The van der Waals surface area contributed by atoms with Gasteiger partial charge in [-0.3, -0.25) is 4.68 Å². The Morgan fingerprint density at radius 2 is 2.26 bits per heavy atom. The van der Waals surface area contributed by atoms with Crippen LogP contribution in [0.4, 0.5) is 10.5 Å². The van der Waals surface area contributed by atoms with E-state index in [1.165, 1.54) is 6.42 Å². The van der Waals surface area contributed by atoms with Crippen LogP contribution in [0.1, 0.15) is 53.4 Å². The SMILES string of the molecule is CCCN(C[C@H]1CCCCO1)C(=O)Nc1cnn(C(C)(C)C)c1. The molecule has 1 aromatic rings. The third kappa shape index (κ3) is 5.23. The van der Waals surface area contributed by atoms with E-state index in [1.807, 2.05) is 15.8 Å². The van der Waals surface area contributed by atoms with Crippen molar-refractivity contribution in [2.45, 2.75) is 65.0 Å². The second kappa shape index (κ2) is 7.81. The molecule has 1 aliphatic heterocycles. The summed E-state index contributed by atoms with van der Waals surface area (Å²) in [6.07, 6.45) is 8.02. The van der Waals surface area contributed by atoms with Gasteiger partial charge >= 0.3 is 6.03 Å². The van der Waals surface area contributed by atoms with E-state index in [1.54, 1.807) is 6.20 Å². The molecule has 1 aliphatic rings. The predicted molar refractivity (Wildman–Crippen MR) is 91.7 cm³/mol. The van der Waals surface area contributed by atoms with E-state index in [0.29, 0.717) is 6.54 Å². The number of carbonyl (C=O) groups is 1. The number of hydrogen-bond donors (Lipinski definition) is 1. The molecule has 2 amide bonds. The van der Waals surface area contributed by atoms with Crippen LogP contribution < -0.4 is 5.32 Å². The summed E-state index contributed by atoms with van der Waals surface area (Å²) in [4.78, 5) is 14.4. The van der Waals surface area contributed by atoms with E-state index < -0.39 is 0 Å². The summed E-state index contributed by atoms with van der Waals surface area (Å²) in [6.45, 7) is 10.5. The number of anilines is 1. The van der Waals surface area contributed by atoms with Crippen molar-refractivity contribution >= 4 is 11.7 Å². The lowest BCUT2D eigenvalue weighted by Crippen LogP contribution is -2.42. The van der Waals surface area contributed by atoms with Gasteiger partial charge in [0.05, 0.1) is 23.5 Å². The summed E-state index contributed by atoms with van der Waals surface area (Å²) >= 11 is 0. The molecule has 1 fully saturated rings. The third-order valence-electron chi connectivity index (χ3n) is 4.00. The van der Waals surface area contributed by atoms with Gasteiger partial charge in [-0.25, -0.2) is 4.79 Å². The maximum absolute atomic E-state index is 12.6. The first-order valence-corrected chi connectivity index (χ1v) is 8.63. The second-order valence-electron chi connectivity index (χ2n) is 7.21. The molecule has 0 aliphatic carbocycles. The summed E-state index contributed by atoms with van der Waals surface area (Å²) in [6, 6.07) is -0.0746. The molecule has 0 radical (unpaired) electrons. The summed E-state index contributed by atoms with van der Waals surface area (Å²) in [5.74, 6) is 0. The van der Waals surface area contributed by atoms with Crippen LogP contribution in [-0.4, -0.2) is 46.5 Å². The summed E-state index contributed by atoms with van der Waals surface area (Å²) < 4.78 is 7.62. The number of rotatable bonds is 5. The van der Waals surface area contributed by atoms with Gasteiger partial charge in [0.1, 0.15) is 0 Å². The highest BCUT2D eigenvalue weighted by molar-refractivity contribution is 5.89. The number of nitrogens with zero attached hydrogens (tertiary/aromatic N) is 3. The first kappa shape index (κ1) is 17.8. The Labute approximate surface area is 139 Å². The van der Waals surface area contributed by atoms with Gasteiger partial charge < -0.3 is 15.0 Å². The van der Waals surface area contributed by atoms with E-state index >= 15 is 0 Å². The van der Waals surface area contributed by atoms with Crippen molar-refractivity contribution in [2.24, 2.45) is 0 Å². The Kier molecular flexibility index (Phi) is 6.04. The fraction of sp³-hybridized carbons (Fsp3) is 0.765. The zero-order valence-corrected chi connectivity index (χ0v) is 14.8. The molecule has 1 saturated heterocycles. The van der Waals surface area contributed by atoms with Crippen molar-refractivity contribution in [3.8, 4) is 0 Å². The van der Waals surface area contributed by atoms with Gasteiger partial charge in [-0.2, -0.15) is 5.10 Å². The Hall–Kier alpha value is -1.56. The normalized spacial score (nSPS) is 18.7. The van der Waals surface area contributed by atoms with Gasteiger partial charge in [-0.15, -0.1) is 0 Å². The lowest BCUT2D eigenvalue weighted by atomic mass is 10.1. The minimum atomic E-state index is -0.0952. The molecule has 0 bridgehead atoms. The fourth-order valence-electron chi connectivity index (χ4n) is 2.70. The van der Waals surface area contributed by atoms with Crippen molar-refractivity contribution in [3.05, 3.63) is 12.4 Å². The first-order chi connectivity index (χ1) is 10.9. The molecule has 6 nitrogen and oxygen atoms in total. The lowest BCUT2D eigenvalue weighted by Gasteiger charge is -2.29. The van der Waals surface area contributed by atoms with Gasteiger partial charge in [-0.05, 0) is 46.5 Å². The number of ether oxygens (including phenoxy) is 1. The highest BCUT2D eigenvalue weighted by atomic mass is 16.5. The molecular formula is C17H30N4O2. The van der Waals surface area contributed by atoms with Crippen molar-refractivity contribution in [3.63, 3.8) is 0 Å². The molecule has 1 atom stereocenters. The average Bonchev–Trinajstić information content (AvgIpc) is 2.96. The minimum Gasteiger partial charge on any atom is -0.376 e. The molecule has 1 N–H and O–H groups in total. The monoisotopic (exact) mass is 322 g/mol. The van der Waals surface area contributed by atoms with Crippen LogP contribution in [0.3, 0.4) is 0 Å². The molecule has 6 heteroatoms. The van der Waals surface area contributed by atoms with Gasteiger partial charge in [0.2, 0.25) is 0 Å². The third-order valence-corrected chi connectivity index (χ3v) is 4.00. The van der Waals surface area contributed by atoms with E-state index in [2.05, 4.69) is 38.1 Å². The number of aromatic nitrogens is 2. The summed E-state index contributed by atoms with van der Waals surface area (Å²) in [7, 11) is 0. The van der Waals surface area contributed by atoms with Crippen molar-refractivity contribution in [1.29, 1.82) is 0 Å². The first-order valence-electron chi connectivity index (χ1n) is 8.63. The van der Waals surface area contributed by atoms with Crippen LogP contribution in [0.15, 0.2) is 12.4 Å². The van der Waals surface area contributed by atoms with Gasteiger partial charge in [0.15, 0.2) is 0 Å². The highest BCUT2D eigenvalue weighted by Crippen LogP contribution is 2.17. The molecule has 2 heterocycles. The Morgan fingerprint density at radius 1 is 1.48 bits per heavy atom. The Morgan fingerprint density at radius 3 is 2.83 bits per heavy atom. The van der Waals surface area contributed by atoms with Crippen LogP contribution in [0.2, 0.25) is 0 Å². The number of amides is 2. The molecular weight excluding hydrogens is 292 g/mol. The largest absolute Gasteiger partial charge is 0.376 e. The van der Waals surface area contributed by atoms with Crippen LogP contribution in [0.25, 0.3) is 0 Å². The molecule has 1 aromatic heterocycles. The van der Waals surface area contributed by atoms with Crippen molar-refractivity contribution in [1.82, 2.24) is 14.7 Å². The van der Waals surface area contributed by atoms with Gasteiger partial charge in [0.25, 0.3) is 0 Å². The van der Waals surface area contributed by atoms with Gasteiger partial charge in [-0.1, -0.05) is 6.92 Å². The molecule has 23 heavy (non-hydrogen) atoms. The highest BCUT2D eigenvalue weighted by Gasteiger charge is 2.22. The van der Waals surface area contributed by atoms with Crippen LogP contribution in [-0.2, 0) is 10.3 Å².